The summed E-state index contributed by atoms with van der Waals surface area (Å²) in [5.41, 5.74) is 0. The normalized spacial score (nSPS) is 12.3. The maximum Gasteiger partial charge on any atom is 0.306 e. The molecule has 0 aromatic rings. The van der Waals surface area contributed by atoms with Gasteiger partial charge in [-0.25, -0.2) is 0 Å². The van der Waals surface area contributed by atoms with E-state index in [1.54, 1.807) is 0 Å². The van der Waals surface area contributed by atoms with Gasteiger partial charge in [-0.2, -0.15) is 0 Å². The minimum atomic E-state index is -0.894. The van der Waals surface area contributed by atoms with E-state index in [-0.39, 0.29) is 13.0 Å². The van der Waals surface area contributed by atoms with Gasteiger partial charge < -0.3 is 15.3 Å². The van der Waals surface area contributed by atoms with E-state index in [2.05, 4.69) is 0 Å². The van der Waals surface area contributed by atoms with Crippen LogP contribution in [0.3, 0.4) is 0 Å². The topological polar surface area (TPSA) is 94.8 Å². The first-order chi connectivity index (χ1) is 7.07. The van der Waals surface area contributed by atoms with Crippen molar-refractivity contribution in [1.29, 1.82) is 0 Å². The van der Waals surface area contributed by atoms with E-state index in [1.165, 1.54) is 0 Å². The van der Waals surface area contributed by atoms with Crippen LogP contribution in [0.1, 0.15) is 38.5 Å². The van der Waals surface area contributed by atoms with Gasteiger partial charge in [-0.1, -0.05) is 6.42 Å². The standard InChI is InChI=1S/C10H18O5/c11-7-2-1-4-8(10(14)15)5-3-6-9(12)13/h8,11H,1-7H2,(H,12,13)(H,14,15). The molecule has 0 spiro atoms. The molecule has 0 bridgehead atoms. The fourth-order valence-electron chi connectivity index (χ4n) is 1.39. The molecule has 0 saturated carbocycles. The highest BCUT2D eigenvalue weighted by Crippen LogP contribution is 2.16. The average molecular weight is 218 g/mol. The highest BCUT2D eigenvalue weighted by molar-refractivity contribution is 5.70. The number of aliphatic hydroxyl groups excluding tert-OH is 1. The van der Waals surface area contributed by atoms with E-state index in [0.717, 1.165) is 0 Å². The zero-order chi connectivity index (χ0) is 11.7. The second kappa shape index (κ2) is 8.23. The van der Waals surface area contributed by atoms with E-state index in [4.69, 9.17) is 15.3 Å². The first-order valence-electron chi connectivity index (χ1n) is 5.13. The number of aliphatic hydroxyl groups is 1. The molecule has 5 heteroatoms. The van der Waals surface area contributed by atoms with E-state index >= 15 is 0 Å². The van der Waals surface area contributed by atoms with Crippen molar-refractivity contribution in [1.82, 2.24) is 0 Å². The number of aliphatic carboxylic acids is 2. The zero-order valence-corrected chi connectivity index (χ0v) is 8.69. The molecule has 0 aliphatic heterocycles. The summed E-state index contributed by atoms with van der Waals surface area (Å²) in [5.74, 6) is -2.25. The summed E-state index contributed by atoms with van der Waals surface area (Å²) in [7, 11) is 0. The third-order valence-electron chi connectivity index (χ3n) is 2.25. The van der Waals surface area contributed by atoms with Gasteiger partial charge >= 0.3 is 11.9 Å². The number of rotatable bonds is 9. The maximum absolute atomic E-state index is 10.8. The van der Waals surface area contributed by atoms with E-state index in [1.807, 2.05) is 0 Å². The number of hydrogen-bond acceptors (Lipinski definition) is 3. The molecule has 3 N–H and O–H groups in total. The summed E-state index contributed by atoms with van der Waals surface area (Å²) < 4.78 is 0. The lowest BCUT2D eigenvalue weighted by Crippen LogP contribution is -2.14. The third-order valence-corrected chi connectivity index (χ3v) is 2.25. The molecule has 0 saturated heterocycles. The van der Waals surface area contributed by atoms with Crippen molar-refractivity contribution >= 4 is 11.9 Å². The SMILES string of the molecule is O=C(O)CCCC(CCCCO)C(=O)O. The summed E-state index contributed by atoms with van der Waals surface area (Å²) in [6.07, 6.45) is 2.58. The Labute approximate surface area is 88.7 Å². The quantitative estimate of drug-likeness (QED) is 0.504. The average Bonchev–Trinajstić information content (AvgIpc) is 2.15. The Bertz CT molecular complexity index is 202. The van der Waals surface area contributed by atoms with Gasteiger partial charge in [0.1, 0.15) is 0 Å². The molecule has 0 radical (unpaired) electrons. The Morgan fingerprint density at radius 1 is 1.00 bits per heavy atom. The molecule has 0 rings (SSSR count). The highest BCUT2D eigenvalue weighted by atomic mass is 16.4. The molecule has 0 fully saturated rings. The van der Waals surface area contributed by atoms with Crippen LogP contribution >= 0.6 is 0 Å². The smallest absolute Gasteiger partial charge is 0.306 e. The molecular weight excluding hydrogens is 200 g/mol. The summed E-state index contributed by atoms with van der Waals surface area (Å²) in [4.78, 5) is 21.0. The minimum Gasteiger partial charge on any atom is -0.481 e. The lowest BCUT2D eigenvalue weighted by atomic mass is 9.96. The van der Waals surface area contributed by atoms with Crippen molar-refractivity contribution in [2.75, 3.05) is 6.61 Å². The fraction of sp³-hybridized carbons (Fsp3) is 0.800. The van der Waals surface area contributed by atoms with Crippen molar-refractivity contribution in [2.24, 2.45) is 5.92 Å². The Balaban J connectivity index is 3.73. The number of carboxylic acid groups (broad SMARTS) is 2. The van der Waals surface area contributed by atoms with Gasteiger partial charge in [0.05, 0.1) is 5.92 Å². The van der Waals surface area contributed by atoms with E-state index < -0.39 is 17.9 Å². The Kier molecular flexibility index (Phi) is 7.62. The molecule has 0 aliphatic carbocycles. The van der Waals surface area contributed by atoms with Crippen LogP contribution in [0.4, 0.5) is 0 Å². The number of unbranched alkanes of at least 4 members (excludes halogenated alkanes) is 1. The highest BCUT2D eigenvalue weighted by Gasteiger charge is 2.16. The lowest BCUT2D eigenvalue weighted by Gasteiger charge is -2.10. The summed E-state index contributed by atoms with van der Waals surface area (Å²) in [5, 5.41) is 25.8. The van der Waals surface area contributed by atoms with Crippen molar-refractivity contribution in [3.63, 3.8) is 0 Å². The van der Waals surface area contributed by atoms with Gasteiger partial charge in [0.25, 0.3) is 0 Å². The predicted molar refractivity (Wildman–Crippen MR) is 53.5 cm³/mol. The monoisotopic (exact) mass is 218 g/mol. The van der Waals surface area contributed by atoms with Gasteiger partial charge in [0.2, 0.25) is 0 Å². The molecule has 0 amide bonds. The molecular formula is C10H18O5. The van der Waals surface area contributed by atoms with Crippen LogP contribution in [0.25, 0.3) is 0 Å². The van der Waals surface area contributed by atoms with Crippen LogP contribution in [-0.2, 0) is 9.59 Å². The van der Waals surface area contributed by atoms with Gasteiger partial charge in [-0.3, -0.25) is 9.59 Å². The second-order valence-corrected chi connectivity index (χ2v) is 3.54. The number of hydrogen-bond donors (Lipinski definition) is 3. The van der Waals surface area contributed by atoms with Gasteiger partial charge in [0.15, 0.2) is 0 Å². The van der Waals surface area contributed by atoms with Crippen LogP contribution < -0.4 is 0 Å². The van der Waals surface area contributed by atoms with Crippen LogP contribution in [-0.4, -0.2) is 33.9 Å². The first-order valence-corrected chi connectivity index (χ1v) is 5.13. The Hall–Kier alpha value is -1.10. The molecule has 0 aliphatic rings. The number of carboxylic acids is 2. The van der Waals surface area contributed by atoms with Crippen molar-refractivity contribution in [2.45, 2.75) is 38.5 Å². The second-order valence-electron chi connectivity index (χ2n) is 3.54. The van der Waals surface area contributed by atoms with E-state index in [0.29, 0.717) is 32.1 Å². The minimum absolute atomic E-state index is 0.0176. The maximum atomic E-state index is 10.8. The zero-order valence-electron chi connectivity index (χ0n) is 8.69. The molecule has 88 valence electrons. The summed E-state index contributed by atoms with van der Waals surface area (Å²) in [6.45, 7) is 0.0709. The third kappa shape index (κ3) is 7.93. The predicted octanol–water partition coefficient (Wildman–Crippen LogP) is 1.10. The molecule has 1 atom stereocenters. The Morgan fingerprint density at radius 2 is 1.60 bits per heavy atom. The molecule has 0 aromatic carbocycles. The van der Waals surface area contributed by atoms with Gasteiger partial charge in [0, 0.05) is 13.0 Å². The van der Waals surface area contributed by atoms with E-state index in [9.17, 15) is 9.59 Å². The largest absolute Gasteiger partial charge is 0.481 e. The van der Waals surface area contributed by atoms with Crippen LogP contribution in [0.2, 0.25) is 0 Å². The summed E-state index contributed by atoms with van der Waals surface area (Å²) in [6, 6.07) is 0. The van der Waals surface area contributed by atoms with Crippen molar-refractivity contribution in [3.8, 4) is 0 Å². The first kappa shape index (κ1) is 13.9. The molecule has 15 heavy (non-hydrogen) atoms. The van der Waals surface area contributed by atoms with Crippen LogP contribution in [0, 0.1) is 5.92 Å². The van der Waals surface area contributed by atoms with Gasteiger partial charge in [-0.15, -0.1) is 0 Å². The van der Waals surface area contributed by atoms with Gasteiger partial charge in [-0.05, 0) is 25.7 Å². The van der Waals surface area contributed by atoms with Crippen LogP contribution in [0.5, 0.6) is 0 Å². The summed E-state index contributed by atoms with van der Waals surface area (Å²) >= 11 is 0. The number of carbonyl (C=O) groups is 2. The lowest BCUT2D eigenvalue weighted by molar-refractivity contribution is -0.143. The van der Waals surface area contributed by atoms with Crippen LogP contribution in [0.15, 0.2) is 0 Å². The molecule has 1 unspecified atom stereocenters. The molecule has 5 nitrogen and oxygen atoms in total. The fourth-order valence-corrected chi connectivity index (χ4v) is 1.39. The van der Waals surface area contributed by atoms with Crippen molar-refractivity contribution < 1.29 is 24.9 Å². The Morgan fingerprint density at radius 3 is 2.07 bits per heavy atom. The molecule has 0 aromatic heterocycles. The van der Waals surface area contributed by atoms with Crippen molar-refractivity contribution in [3.05, 3.63) is 0 Å². The molecule has 0 heterocycles.